The van der Waals surface area contributed by atoms with Gasteiger partial charge in [0.1, 0.15) is 6.29 Å². The summed E-state index contributed by atoms with van der Waals surface area (Å²) in [6.45, 7) is 0. The minimum Gasteiger partial charge on any atom is -0.481 e. The van der Waals surface area contributed by atoms with Gasteiger partial charge in [-0.05, 0) is 12.1 Å². The van der Waals surface area contributed by atoms with E-state index >= 15 is 0 Å². The third-order valence-corrected chi connectivity index (χ3v) is 2.19. The highest BCUT2D eigenvalue weighted by Crippen LogP contribution is 2.07. The molecule has 0 aliphatic carbocycles. The van der Waals surface area contributed by atoms with Gasteiger partial charge >= 0.3 is 5.97 Å². The maximum Gasteiger partial charge on any atom is 0.303 e. The van der Waals surface area contributed by atoms with Crippen LogP contribution in [0.1, 0.15) is 35.2 Å². The zero-order valence-corrected chi connectivity index (χ0v) is 9.68. The van der Waals surface area contributed by atoms with Crippen LogP contribution in [0.3, 0.4) is 0 Å². The van der Waals surface area contributed by atoms with Crippen LogP contribution in [-0.2, 0) is 9.59 Å². The summed E-state index contributed by atoms with van der Waals surface area (Å²) < 4.78 is 0. The van der Waals surface area contributed by atoms with Crippen LogP contribution in [-0.4, -0.2) is 23.1 Å². The molecule has 0 heterocycles. The van der Waals surface area contributed by atoms with Crippen molar-refractivity contribution in [1.29, 1.82) is 0 Å². The van der Waals surface area contributed by atoms with Gasteiger partial charge < -0.3 is 9.90 Å². The number of ketones is 1. The molecule has 1 aromatic rings. The second-order valence-corrected chi connectivity index (χ2v) is 3.57. The van der Waals surface area contributed by atoms with Crippen molar-refractivity contribution in [1.82, 2.24) is 0 Å². The molecule has 1 N–H and O–H groups in total. The Morgan fingerprint density at radius 1 is 1.17 bits per heavy atom. The van der Waals surface area contributed by atoms with Crippen LogP contribution in [0.25, 0.3) is 0 Å². The topological polar surface area (TPSA) is 71.4 Å². The van der Waals surface area contributed by atoms with E-state index in [2.05, 4.69) is 11.8 Å². The molecule has 1 rings (SSSR count). The number of carboxylic acids is 1. The molecule has 0 bridgehead atoms. The minimum atomic E-state index is -0.986. The Bertz CT molecular complexity index is 503. The Labute approximate surface area is 105 Å². The molecule has 0 atom stereocenters. The molecule has 0 amide bonds. The van der Waals surface area contributed by atoms with Crippen molar-refractivity contribution in [2.24, 2.45) is 0 Å². The number of carbonyl (C=O) groups is 3. The van der Waals surface area contributed by atoms with E-state index in [-0.39, 0.29) is 25.0 Å². The lowest BCUT2D eigenvalue weighted by Gasteiger charge is -1.99. The molecule has 0 saturated carbocycles. The summed E-state index contributed by atoms with van der Waals surface area (Å²) in [4.78, 5) is 32.0. The highest BCUT2D eigenvalue weighted by atomic mass is 16.4. The first-order valence-corrected chi connectivity index (χ1v) is 5.41. The molecule has 92 valence electrons. The molecular formula is C14H12O4. The monoisotopic (exact) mass is 244 g/mol. The normalized spacial score (nSPS) is 9.11. The Morgan fingerprint density at radius 2 is 1.83 bits per heavy atom. The summed E-state index contributed by atoms with van der Waals surface area (Å²) in [7, 11) is 0. The summed E-state index contributed by atoms with van der Waals surface area (Å²) in [5.41, 5.74) is 1.18. The smallest absolute Gasteiger partial charge is 0.303 e. The molecule has 0 aliphatic heterocycles. The van der Waals surface area contributed by atoms with Crippen LogP contribution in [0.4, 0.5) is 0 Å². The molecule has 18 heavy (non-hydrogen) atoms. The number of rotatable bonds is 5. The average molecular weight is 244 g/mol. The highest BCUT2D eigenvalue weighted by Gasteiger charge is 2.07. The van der Waals surface area contributed by atoms with E-state index in [0.29, 0.717) is 11.1 Å². The third-order valence-electron chi connectivity index (χ3n) is 2.19. The SMILES string of the molecule is O=CCC#Cc1ccc(C(=O)CCC(=O)O)cc1. The molecular weight excluding hydrogens is 232 g/mol. The van der Waals surface area contributed by atoms with Gasteiger partial charge in [-0.3, -0.25) is 9.59 Å². The third kappa shape index (κ3) is 4.62. The number of benzene rings is 1. The van der Waals surface area contributed by atoms with E-state index in [1.165, 1.54) is 0 Å². The highest BCUT2D eigenvalue weighted by molar-refractivity contribution is 5.97. The van der Waals surface area contributed by atoms with Crippen molar-refractivity contribution in [3.8, 4) is 11.8 Å². The number of carbonyl (C=O) groups excluding carboxylic acids is 2. The van der Waals surface area contributed by atoms with Crippen LogP contribution in [0, 0.1) is 11.8 Å². The van der Waals surface area contributed by atoms with E-state index in [9.17, 15) is 14.4 Å². The predicted octanol–water partition coefficient (Wildman–Crippen LogP) is 1.67. The van der Waals surface area contributed by atoms with E-state index < -0.39 is 5.97 Å². The Balaban J connectivity index is 2.65. The fourth-order valence-electron chi connectivity index (χ4n) is 1.30. The van der Waals surface area contributed by atoms with Gasteiger partial charge in [-0.25, -0.2) is 0 Å². The summed E-state index contributed by atoms with van der Waals surface area (Å²) >= 11 is 0. The second-order valence-electron chi connectivity index (χ2n) is 3.57. The Kier molecular flexibility index (Phi) is 5.33. The van der Waals surface area contributed by atoms with E-state index in [1.807, 2.05) is 0 Å². The summed E-state index contributed by atoms with van der Waals surface area (Å²) in [6, 6.07) is 6.56. The number of hydrogen-bond donors (Lipinski definition) is 1. The standard InChI is InChI=1S/C14H12O4/c15-10-2-1-3-11-4-6-12(7-5-11)13(16)8-9-14(17)18/h4-7,10H,2,8-9H2,(H,17,18). The van der Waals surface area contributed by atoms with Crippen molar-refractivity contribution >= 4 is 18.0 Å². The van der Waals surface area contributed by atoms with Gasteiger partial charge in [-0.1, -0.05) is 24.0 Å². The molecule has 0 saturated heterocycles. The van der Waals surface area contributed by atoms with Gasteiger partial charge in [0.05, 0.1) is 12.8 Å². The lowest BCUT2D eigenvalue weighted by molar-refractivity contribution is -0.136. The first-order valence-electron chi connectivity index (χ1n) is 5.41. The fourth-order valence-corrected chi connectivity index (χ4v) is 1.30. The first-order chi connectivity index (χ1) is 8.63. The van der Waals surface area contributed by atoms with Crippen LogP contribution in [0.5, 0.6) is 0 Å². The zero-order valence-electron chi connectivity index (χ0n) is 9.68. The van der Waals surface area contributed by atoms with Gasteiger partial charge in [0.25, 0.3) is 0 Å². The molecule has 4 nitrogen and oxygen atoms in total. The predicted molar refractivity (Wildman–Crippen MR) is 65.2 cm³/mol. The van der Waals surface area contributed by atoms with E-state index in [4.69, 9.17) is 5.11 Å². The van der Waals surface area contributed by atoms with E-state index in [1.54, 1.807) is 24.3 Å². The molecule has 1 aromatic carbocycles. The molecule has 0 radical (unpaired) electrons. The van der Waals surface area contributed by atoms with Gasteiger partial charge in [-0.15, -0.1) is 0 Å². The maximum atomic E-state index is 11.6. The first kappa shape index (κ1) is 13.7. The fraction of sp³-hybridized carbons (Fsp3) is 0.214. The Morgan fingerprint density at radius 3 is 2.39 bits per heavy atom. The second kappa shape index (κ2) is 7.02. The summed E-state index contributed by atoms with van der Waals surface area (Å²) in [5.74, 6) is 4.24. The van der Waals surface area contributed by atoms with Crippen LogP contribution < -0.4 is 0 Å². The van der Waals surface area contributed by atoms with Gasteiger partial charge in [0.2, 0.25) is 0 Å². The molecule has 0 fully saturated rings. The van der Waals surface area contributed by atoms with E-state index in [0.717, 1.165) is 6.29 Å². The molecule has 0 aliphatic rings. The number of carboxylic acid groups (broad SMARTS) is 1. The van der Waals surface area contributed by atoms with Crippen molar-refractivity contribution in [2.75, 3.05) is 0 Å². The summed E-state index contributed by atoms with van der Waals surface area (Å²) in [6.07, 6.45) is 0.724. The lowest BCUT2D eigenvalue weighted by atomic mass is 10.0. The van der Waals surface area contributed by atoms with Crippen molar-refractivity contribution < 1.29 is 19.5 Å². The minimum absolute atomic E-state index is 0.00843. The summed E-state index contributed by atoms with van der Waals surface area (Å²) in [5, 5.41) is 8.47. The Hall–Kier alpha value is -2.41. The number of Topliss-reactive ketones (excluding diaryl/α,β-unsaturated/α-hetero) is 1. The van der Waals surface area contributed by atoms with Gasteiger partial charge in [0, 0.05) is 17.5 Å². The lowest BCUT2D eigenvalue weighted by Crippen LogP contribution is -2.03. The molecule has 0 unspecified atom stereocenters. The number of aliphatic carboxylic acids is 1. The van der Waals surface area contributed by atoms with Crippen LogP contribution in [0.15, 0.2) is 24.3 Å². The van der Waals surface area contributed by atoms with Gasteiger partial charge in [0.15, 0.2) is 5.78 Å². The number of aldehydes is 1. The van der Waals surface area contributed by atoms with Gasteiger partial charge in [-0.2, -0.15) is 0 Å². The molecule has 4 heteroatoms. The van der Waals surface area contributed by atoms with Crippen LogP contribution >= 0.6 is 0 Å². The number of hydrogen-bond acceptors (Lipinski definition) is 3. The molecule has 0 aromatic heterocycles. The van der Waals surface area contributed by atoms with Crippen molar-refractivity contribution in [3.63, 3.8) is 0 Å². The van der Waals surface area contributed by atoms with Crippen LogP contribution in [0.2, 0.25) is 0 Å². The maximum absolute atomic E-state index is 11.6. The van der Waals surface area contributed by atoms with Crippen molar-refractivity contribution in [2.45, 2.75) is 19.3 Å². The molecule has 0 spiro atoms. The quantitative estimate of drug-likeness (QED) is 0.486. The average Bonchev–Trinajstić information content (AvgIpc) is 2.37. The largest absolute Gasteiger partial charge is 0.481 e. The van der Waals surface area contributed by atoms with Crippen molar-refractivity contribution in [3.05, 3.63) is 35.4 Å². The zero-order chi connectivity index (χ0) is 13.4.